The van der Waals surface area contributed by atoms with Crippen molar-refractivity contribution in [1.29, 1.82) is 0 Å². The van der Waals surface area contributed by atoms with Crippen LogP contribution in [-0.4, -0.2) is 34.4 Å². The molecule has 0 saturated heterocycles. The summed E-state index contributed by atoms with van der Waals surface area (Å²) >= 11 is 0. The van der Waals surface area contributed by atoms with Crippen molar-refractivity contribution >= 4 is 11.9 Å². The highest BCUT2D eigenvalue weighted by molar-refractivity contribution is 5.70. The standard InChI is InChI=1S/C17H32O5/c1-4-6-9-14(5-2)12-15(13(3)18)22-17(21)11-8-7-10-16(19)20/h13-15,18H,4-12H2,1-3H3,(H,19,20). The van der Waals surface area contributed by atoms with Crippen LogP contribution in [0.15, 0.2) is 0 Å². The summed E-state index contributed by atoms with van der Waals surface area (Å²) in [6.45, 7) is 5.91. The third-order valence-electron chi connectivity index (χ3n) is 3.95. The lowest BCUT2D eigenvalue weighted by Gasteiger charge is -2.25. The Labute approximate surface area is 134 Å². The molecule has 5 nitrogen and oxygen atoms in total. The fourth-order valence-corrected chi connectivity index (χ4v) is 2.43. The first-order valence-corrected chi connectivity index (χ1v) is 8.49. The number of rotatable bonds is 13. The summed E-state index contributed by atoms with van der Waals surface area (Å²) in [5, 5.41) is 18.4. The molecule has 0 rings (SSSR count). The molecular formula is C17H32O5. The van der Waals surface area contributed by atoms with Gasteiger partial charge in [0.05, 0.1) is 6.10 Å². The molecule has 0 aliphatic rings. The second-order valence-corrected chi connectivity index (χ2v) is 6.02. The summed E-state index contributed by atoms with van der Waals surface area (Å²) in [6.07, 6.45) is 5.19. The molecule has 5 heteroatoms. The van der Waals surface area contributed by atoms with Crippen molar-refractivity contribution in [2.75, 3.05) is 0 Å². The van der Waals surface area contributed by atoms with Crippen molar-refractivity contribution < 1.29 is 24.5 Å². The van der Waals surface area contributed by atoms with Crippen molar-refractivity contribution in [3.63, 3.8) is 0 Å². The van der Waals surface area contributed by atoms with Crippen LogP contribution in [0.4, 0.5) is 0 Å². The van der Waals surface area contributed by atoms with E-state index in [0.717, 1.165) is 25.7 Å². The Hall–Kier alpha value is -1.10. The van der Waals surface area contributed by atoms with Crippen LogP contribution in [0, 0.1) is 5.92 Å². The predicted molar refractivity (Wildman–Crippen MR) is 85.6 cm³/mol. The first-order chi connectivity index (χ1) is 10.4. The van der Waals surface area contributed by atoms with Crippen LogP contribution in [0.5, 0.6) is 0 Å². The number of carboxylic acids is 1. The Morgan fingerprint density at radius 3 is 2.23 bits per heavy atom. The van der Waals surface area contributed by atoms with E-state index in [4.69, 9.17) is 9.84 Å². The van der Waals surface area contributed by atoms with Crippen LogP contribution in [-0.2, 0) is 14.3 Å². The van der Waals surface area contributed by atoms with Gasteiger partial charge in [0.1, 0.15) is 6.10 Å². The van der Waals surface area contributed by atoms with Crippen LogP contribution in [0.1, 0.15) is 78.6 Å². The van der Waals surface area contributed by atoms with Gasteiger partial charge >= 0.3 is 11.9 Å². The molecule has 0 spiro atoms. The second kappa shape index (κ2) is 12.4. The Kier molecular flexibility index (Phi) is 11.8. The van der Waals surface area contributed by atoms with Gasteiger partial charge in [0.2, 0.25) is 0 Å². The maximum absolute atomic E-state index is 11.8. The summed E-state index contributed by atoms with van der Waals surface area (Å²) in [6, 6.07) is 0. The number of esters is 1. The van der Waals surface area contributed by atoms with Gasteiger partial charge in [0.25, 0.3) is 0 Å². The summed E-state index contributed by atoms with van der Waals surface area (Å²) < 4.78 is 5.39. The van der Waals surface area contributed by atoms with Gasteiger partial charge in [0.15, 0.2) is 0 Å². The maximum atomic E-state index is 11.8. The van der Waals surface area contributed by atoms with Crippen LogP contribution >= 0.6 is 0 Å². The number of hydrogen-bond acceptors (Lipinski definition) is 4. The predicted octanol–water partition coefficient (Wildman–Crippen LogP) is 3.53. The van der Waals surface area contributed by atoms with Crippen molar-refractivity contribution in [3.8, 4) is 0 Å². The average Bonchev–Trinajstić information content (AvgIpc) is 2.46. The summed E-state index contributed by atoms with van der Waals surface area (Å²) in [5.41, 5.74) is 0. The summed E-state index contributed by atoms with van der Waals surface area (Å²) in [7, 11) is 0. The Bertz CT molecular complexity index is 314. The lowest BCUT2D eigenvalue weighted by Crippen LogP contribution is -2.31. The molecule has 0 saturated carbocycles. The van der Waals surface area contributed by atoms with Gasteiger partial charge < -0.3 is 14.9 Å². The fourth-order valence-electron chi connectivity index (χ4n) is 2.43. The lowest BCUT2D eigenvalue weighted by atomic mass is 9.91. The molecule has 0 bridgehead atoms. The third kappa shape index (κ3) is 10.6. The van der Waals surface area contributed by atoms with Crippen LogP contribution in [0.2, 0.25) is 0 Å². The van der Waals surface area contributed by atoms with E-state index in [9.17, 15) is 14.7 Å². The number of hydrogen-bond donors (Lipinski definition) is 2. The maximum Gasteiger partial charge on any atom is 0.306 e. The monoisotopic (exact) mass is 316 g/mol. The minimum Gasteiger partial charge on any atom is -0.481 e. The number of ether oxygens (including phenoxy) is 1. The highest BCUT2D eigenvalue weighted by atomic mass is 16.6. The number of aliphatic hydroxyl groups is 1. The highest BCUT2D eigenvalue weighted by Crippen LogP contribution is 2.22. The molecule has 22 heavy (non-hydrogen) atoms. The molecule has 0 amide bonds. The number of carbonyl (C=O) groups is 2. The number of unbranched alkanes of at least 4 members (excludes halogenated alkanes) is 2. The third-order valence-corrected chi connectivity index (χ3v) is 3.95. The average molecular weight is 316 g/mol. The molecule has 0 aliphatic carbocycles. The van der Waals surface area contributed by atoms with E-state index < -0.39 is 18.2 Å². The molecule has 0 heterocycles. The molecule has 0 aromatic rings. The van der Waals surface area contributed by atoms with E-state index in [2.05, 4.69) is 13.8 Å². The fraction of sp³-hybridized carbons (Fsp3) is 0.882. The minimum atomic E-state index is -0.850. The normalized spacial score (nSPS) is 15.1. The van der Waals surface area contributed by atoms with E-state index in [-0.39, 0.29) is 18.8 Å². The SMILES string of the molecule is CCCCC(CC)CC(OC(=O)CCCCC(=O)O)C(C)O. The van der Waals surface area contributed by atoms with Gasteiger partial charge in [-0.2, -0.15) is 0 Å². The molecule has 0 aromatic carbocycles. The highest BCUT2D eigenvalue weighted by Gasteiger charge is 2.23. The minimum absolute atomic E-state index is 0.0715. The second-order valence-electron chi connectivity index (χ2n) is 6.02. The molecule has 2 N–H and O–H groups in total. The zero-order valence-electron chi connectivity index (χ0n) is 14.2. The van der Waals surface area contributed by atoms with Gasteiger partial charge in [-0.15, -0.1) is 0 Å². The van der Waals surface area contributed by atoms with Crippen molar-refractivity contribution in [2.45, 2.75) is 90.8 Å². The van der Waals surface area contributed by atoms with Gasteiger partial charge in [-0.25, -0.2) is 0 Å². The van der Waals surface area contributed by atoms with Crippen molar-refractivity contribution in [1.82, 2.24) is 0 Å². The van der Waals surface area contributed by atoms with Crippen molar-refractivity contribution in [3.05, 3.63) is 0 Å². The Morgan fingerprint density at radius 1 is 1.09 bits per heavy atom. The summed E-state index contributed by atoms with van der Waals surface area (Å²) in [5.74, 6) is -0.738. The smallest absolute Gasteiger partial charge is 0.306 e. The molecule has 3 atom stereocenters. The zero-order chi connectivity index (χ0) is 17.0. The molecule has 0 aliphatic heterocycles. The number of carbonyl (C=O) groups excluding carboxylic acids is 1. The first-order valence-electron chi connectivity index (χ1n) is 8.49. The van der Waals surface area contributed by atoms with E-state index in [1.54, 1.807) is 6.92 Å². The number of carboxylic acid groups (broad SMARTS) is 1. The van der Waals surface area contributed by atoms with E-state index >= 15 is 0 Å². The lowest BCUT2D eigenvalue weighted by molar-refractivity contribution is -0.156. The molecule has 3 unspecified atom stereocenters. The van der Waals surface area contributed by atoms with Gasteiger partial charge in [-0.05, 0) is 32.1 Å². The number of aliphatic hydroxyl groups excluding tert-OH is 1. The zero-order valence-corrected chi connectivity index (χ0v) is 14.2. The number of aliphatic carboxylic acids is 1. The van der Waals surface area contributed by atoms with E-state index in [0.29, 0.717) is 25.2 Å². The first kappa shape index (κ1) is 20.9. The molecule has 0 fully saturated rings. The molecule has 0 radical (unpaired) electrons. The largest absolute Gasteiger partial charge is 0.481 e. The Morgan fingerprint density at radius 2 is 1.73 bits per heavy atom. The summed E-state index contributed by atoms with van der Waals surface area (Å²) in [4.78, 5) is 22.2. The van der Waals surface area contributed by atoms with E-state index in [1.807, 2.05) is 0 Å². The van der Waals surface area contributed by atoms with Gasteiger partial charge in [0, 0.05) is 12.8 Å². The molecular weight excluding hydrogens is 284 g/mol. The van der Waals surface area contributed by atoms with Crippen LogP contribution in [0.25, 0.3) is 0 Å². The van der Waals surface area contributed by atoms with Crippen molar-refractivity contribution in [2.24, 2.45) is 5.92 Å². The van der Waals surface area contributed by atoms with Gasteiger partial charge in [-0.3, -0.25) is 9.59 Å². The Balaban J connectivity index is 4.20. The molecule has 0 aromatic heterocycles. The van der Waals surface area contributed by atoms with Crippen LogP contribution < -0.4 is 0 Å². The molecule has 130 valence electrons. The van der Waals surface area contributed by atoms with Crippen LogP contribution in [0.3, 0.4) is 0 Å². The van der Waals surface area contributed by atoms with Gasteiger partial charge in [-0.1, -0.05) is 39.5 Å². The topological polar surface area (TPSA) is 83.8 Å². The van der Waals surface area contributed by atoms with E-state index in [1.165, 1.54) is 0 Å². The quantitative estimate of drug-likeness (QED) is 0.401.